The van der Waals surface area contributed by atoms with Gasteiger partial charge in [0.2, 0.25) is 0 Å². The van der Waals surface area contributed by atoms with Gasteiger partial charge in [-0.25, -0.2) is 9.67 Å². The summed E-state index contributed by atoms with van der Waals surface area (Å²) in [7, 11) is 0. The first-order valence-corrected chi connectivity index (χ1v) is 7.54. The molecule has 5 heteroatoms. The lowest BCUT2D eigenvalue weighted by Gasteiger charge is -2.20. The monoisotopic (exact) mass is 291 g/mol. The average molecular weight is 291 g/mol. The van der Waals surface area contributed by atoms with Crippen molar-refractivity contribution in [3.8, 4) is 17.1 Å². The highest BCUT2D eigenvalue weighted by Crippen LogP contribution is 2.36. The number of nitrogens with two attached hydrogens (primary N) is 1. The van der Waals surface area contributed by atoms with E-state index in [1.165, 1.54) is 5.69 Å². The van der Waals surface area contributed by atoms with Crippen LogP contribution in [0.3, 0.4) is 0 Å². The molecule has 0 saturated heterocycles. The van der Waals surface area contributed by atoms with Crippen molar-refractivity contribution in [2.75, 3.05) is 0 Å². The van der Waals surface area contributed by atoms with Crippen molar-refractivity contribution in [1.82, 2.24) is 19.7 Å². The fourth-order valence-corrected chi connectivity index (χ4v) is 3.11. The minimum atomic E-state index is 0.0245. The number of aromatic nitrogens is 4. The molecule has 3 heterocycles. The molecule has 1 unspecified atom stereocenters. The molecule has 1 aliphatic carbocycles. The van der Waals surface area contributed by atoms with E-state index in [9.17, 15) is 0 Å². The Morgan fingerprint density at radius 1 is 1.14 bits per heavy atom. The number of rotatable bonds is 2. The summed E-state index contributed by atoms with van der Waals surface area (Å²) in [5.41, 5.74) is 10.6. The Morgan fingerprint density at radius 2 is 2.09 bits per heavy atom. The minimum Gasteiger partial charge on any atom is -0.324 e. The molecule has 0 aromatic carbocycles. The molecular formula is C17H17N5. The zero-order valence-electron chi connectivity index (χ0n) is 12.2. The molecule has 2 N–H and O–H groups in total. The van der Waals surface area contributed by atoms with Gasteiger partial charge in [-0.05, 0) is 43.5 Å². The van der Waals surface area contributed by atoms with Crippen molar-refractivity contribution in [3.63, 3.8) is 0 Å². The van der Waals surface area contributed by atoms with Crippen LogP contribution in [0.4, 0.5) is 0 Å². The molecule has 5 nitrogen and oxygen atoms in total. The van der Waals surface area contributed by atoms with E-state index in [1.54, 1.807) is 12.4 Å². The van der Waals surface area contributed by atoms with Crippen LogP contribution in [-0.2, 0) is 6.42 Å². The van der Waals surface area contributed by atoms with Gasteiger partial charge < -0.3 is 5.73 Å². The maximum atomic E-state index is 6.38. The molecule has 0 fully saturated rings. The second-order valence-electron chi connectivity index (χ2n) is 5.55. The van der Waals surface area contributed by atoms with E-state index in [1.807, 2.05) is 41.2 Å². The first-order chi connectivity index (χ1) is 10.8. The van der Waals surface area contributed by atoms with Gasteiger partial charge in [0.05, 0.1) is 11.4 Å². The third-order valence-corrected chi connectivity index (χ3v) is 4.12. The number of fused-ring (bicyclic) bond motifs is 1. The zero-order chi connectivity index (χ0) is 14.9. The van der Waals surface area contributed by atoms with Crippen LogP contribution in [0.25, 0.3) is 17.1 Å². The molecule has 0 amide bonds. The Kier molecular flexibility index (Phi) is 3.20. The Hall–Kier alpha value is -2.53. The Labute approximate surface area is 128 Å². The predicted octanol–water partition coefficient (Wildman–Crippen LogP) is 2.67. The predicted molar refractivity (Wildman–Crippen MR) is 84.5 cm³/mol. The molecule has 0 saturated carbocycles. The van der Waals surface area contributed by atoms with Gasteiger partial charge in [0.15, 0.2) is 5.82 Å². The molecule has 110 valence electrons. The van der Waals surface area contributed by atoms with Crippen LogP contribution in [0.2, 0.25) is 0 Å². The van der Waals surface area contributed by atoms with Crippen LogP contribution < -0.4 is 5.73 Å². The summed E-state index contributed by atoms with van der Waals surface area (Å²) in [4.78, 5) is 8.64. The fraction of sp³-hybridized carbons (Fsp3) is 0.235. The number of nitrogens with zero attached hydrogens (tertiary/aromatic N) is 4. The molecule has 0 spiro atoms. The van der Waals surface area contributed by atoms with Gasteiger partial charge in [-0.1, -0.05) is 6.07 Å². The summed E-state index contributed by atoms with van der Waals surface area (Å²) in [6.45, 7) is 0. The van der Waals surface area contributed by atoms with E-state index in [0.717, 1.165) is 41.9 Å². The molecule has 1 aliphatic rings. The highest BCUT2D eigenvalue weighted by atomic mass is 15.3. The van der Waals surface area contributed by atoms with Crippen LogP contribution in [0, 0.1) is 0 Å². The molecule has 4 rings (SSSR count). The Balaban J connectivity index is 1.95. The third kappa shape index (κ3) is 2.10. The summed E-state index contributed by atoms with van der Waals surface area (Å²) < 4.78 is 1.94. The first-order valence-electron chi connectivity index (χ1n) is 7.54. The van der Waals surface area contributed by atoms with Gasteiger partial charge in [-0.15, -0.1) is 0 Å². The summed E-state index contributed by atoms with van der Waals surface area (Å²) in [6.07, 6.45) is 8.45. The van der Waals surface area contributed by atoms with Crippen LogP contribution in [0.15, 0.2) is 48.9 Å². The van der Waals surface area contributed by atoms with Crippen molar-refractivity contribution in [1.29, 1.82) is 0 Å². The molecular weight excluding hydrogens is 274 g/mol. The van der Waals surface area contributed by atoms with Crippen LogP contribution in [-0.4, -0.2) is 19.7 Å². The van der Waals surface area contributed by atoms with Gasteiger partial charge in [0.1, 0.15) is 0 Å². The topological polar surface area (TPSA) is 69.6 Å². The quantitative estimate of drug-likeness (QED) is 0.788. The van der Waals surface area contributed by atoms with E-state index in [2.05, 4.69) is 9.97 Å². The van der Waals surface area contributed by atoms with Crippen molar-refractivity contribution in [2.24, 2.45) is 5.73 Å². The SMILES string of the molecule is NC1CCCc2c1c(-c1cccnc1)nn2-c1ccccn1. The fourth-order valence-electron chi connectivity index (χ4n) is 3.11. The summed E-state index contributed by atoms with van der Waals surface area (Å²) in [5.74, 6) is 0.836. The molecule has 3 aromatic rings. The lowest BCUT2D eigenvalue weighted by Crippen LogP contribution is -2.18. The van der Waals surface area contributed by atoms with Gasteiger partial charge in [0, 0.05) is 35.8 Å². The lowest BCUT2D eigenvalue weighted by atomic mass is 9.90. The maximum absolute atomic E-state index is 6.38. The number of hydrogen-bond donors (Lipinski definition) is 1. The van der Waals surface area contributed by atoms with Gasteiger partial charge >= 0.3 is 0 Å². The highest BCUT2D eigenvalue weighted by molar-refractivity contribution is 5.65. The van der Waals surface area contributed by atoms with Gasteiger partial charge in [0.25, 0.3) is 0 Å². The van der Waals surface area contributed by atoms with Crippen molar-refractivity contribution in [2.45, 2.75) is 25.3 Å². The molecule has 3 aromatic heterocycles. The van der Waals surface area contributed by atoms with Crippen LogP contribution in [0.5, 0.6) is 0 Å². The Morgan fingerprint density at radius 3 is 2.86 bits per heavy atom. The minimum absolute atomic E-state index is 0.0245. The van der Waals surface area contributed by atoms with Gasteiger partial charge in [-0.2, -0.15) is 5.10 Å². The molecule has 1 atom stereocenters. The molecule has 22 heavy (non-hydrogen) atoms. The average Bonchev–Trinajstić information content (AvgIpc) is 2.98. The number of pyridine rings is 2. The zero-order valence-corrected chi connectivity index (χ0v) is 12.2. The molecule has 0 aliphatic heterocycles. The summed E-state index contributed by atoms with van der Waals surface area (Å²) in [6, 6.07) is 9.84. The number of hydrogen-bond acceptors (Lipinski definition) is 4. The normalized spacial score (nSPS) is 17.2. The van der Waals surface area contributed by atoms with E-state index >= 15 is 0 Å². The second kappa shape index (κ2) is 5.35. The first kappa shape index (κ1) is 13.2. The largest absolute Gasteiger partial charge is 0.324 e. The highest BCUT2D eigenvalue weighted by Gasteiger charge is 2.27. The van der Waals surface area contributed by atoms with E-state index < -0.39 is 0 Å². The summed E-state index contributed by atoms with van der Waals surface area (Å²) in [5, 5.41) is 4.82. The Bertz CT molecular complexity index is 780. The van der Waals surface area contributed by atoms with Gasteiger partial charge in [-0.3, -0.25) is 4.98 Å². The van der Waals surface area contributed by atoms with E-state index in [4.69, 9.17) is 10.8 Å². The summed E-state index contributed by atoms with van der Waals surface area (Å²) >= 11 is 0. The van der Waals surface area contributed by atoms with Crippen molar-refractivity contribution < 1.29 is 0 Å². The van der Waals surface area contributed by atoms with E-state index in [0.29, 0.717) is 0 Å². The molecule has 0 radical (unpaired) electrons. The van der Waals surface area contributed by atoms with Crippen LogP contribution >= 0.6 is 0 Å². The van der Waals surface area contributed by atoms with Crippen LogP contribution in [0.1, 0.15) is 30.1 Å². The lowest BCUT2D eigenvalue weighted by molar-refractivity contribution is 0.557. The smallest absolute Gasteiger partial charge is 0.153 e. The van der Waals surface area contributed by atoms with Crippen molar-refractivity contribution in [3.05, 3.63) is 60.2 Å². The standard InChI is InChI=1S/C17H17N5/c18-13-6-3-7-14-16(13)17(12-5-4-9-19-11-12)21-22(14)15-8-1-2-10-20-15/h1-2,4-5,8-11,13H,3,6-7,18H2. The van der Waals surface area contributed by atoms with Crippen molar-refractivity contribution >= 4 is 0 Å². The molecule has 0 bridgehead atoms. The second-order valence-corrected chi connectivity index (χ2v) is 5.55. The third-order valence-electron chi connectivity index (χ3n) is 4.12. The maximum Gasteiger partial charge on any atom is 0.153 e. The van der Waals surface area contributed by atoms with E-state index in [-0.39, 0.29) is 6.04 Å².